The maximum absolute atomic E-state index is 12.7. The molecule has 8 heteroatoms. The van der Waals surface area contributed by atoms with E-state index < -0.39 is 30.1 Å². The molecule has 140 valence electrons. The van der Waals surface area contributed by atoms with Crippen molar-refractivity contribution in [3.63, 3.8) is 0 Å². The largest absolute Gasteiger partial charge is 0.335 e. The van der Waals surface area contributed by atoms with Crippen molar-refractivity contribution in [2.45, 2.75) is 70.9 Å². The molecule has 6 amide bonds. The summed E-state index contributed by atoms with van der Waals surface area (Å²) in [4.78, 5) is 49.5. The number of nitrogens with one attached hydrogen (secondary N) is 3. The van der Waals surface area contributed by atoms with Gasteiger partial charge in [0.15, 0.2) is 0 Å². The van der Waals surface area contributed by atoms with Gasteiger partial charge < -0.3 is 10.6 Å². The van der Waals surface area contributed by atoms with E-state index in [2.05, 4.69) is 16.0 Å². The van der Waals surface area contributed by atoms with Crippen molar-refractivity contribution >= 4 is 23.9 Å². The first-order chi connectivity index (χ1) is 11.8. The van der Waals surface area contributed by atoms with Crippen LogP contribution in [0.2, 0.25) is 0 Å². The van der Waals surface area contributed by atoms with E-state index in [-0.39, 0.29) is 17.9 Å². The van der Waals surface area contributed by atoms with Crippen molar-refractivity contribution in [3.8, 4) is 0 Å². The van der Waals surface area contributed by atoms with E-state index in [1.807, 2.05) is 13.8 Å². The molecule has 1 saturated carbocycles. The minimum absolute atomic E-state index is 0.0703. The van der Waals surface area contributed by atoms with Crippen molar-refractivity contribution in [1.82, 2.24) is 20.9 Å². The molecule has 2 rings (SSSR count). The molecule has 25 heavy (non-hydrogen) atoms. The van der Waals surface area contributed by atoms with Gasteiger partial charge in [-0.15, -0.1) is 0 Å². The lowest BCUT2D eigenvalue weighted by atomic mass is 9.75. The lowest BCUT2D eigenvalue weighted by Gasteiger charge is -2.34. The third-order valence-electron chi connectivity index (χ3n) is 5.27. The van der Waals surface area contributed by atoms with Crippen LogP contribution in [0.4, 0.5) is 9.59 Å². The standard InChI is InChI=1S/C17H28N4O4/c1-4-11(2)18-15(24)19-13(22)10-21-14(23)17(3,20-16(21)25)12-8-6-5-7-9-12/h11-12H,4-10H2,1-3H3,(H,20,25)(H2,18,19,22,24)/t11-,17-/m0/s1. The molecule has 0 aromatic rings. The normalized spacial score (nSPS) is 25.5. The fourth-order valence-corrected chi connectivity index (χ4v) is 3.49. The van der Waals surface area contributed by atoms with E-state index in [0.717, 1.165) is 43.4 Å². The summed E-state index contributed by atoms with van der Waals surface area (Å²) >= 11 is 0. The first-order valence-corrected chi connectivity index (χ1v) is 9.02. The lowest BCUT2D eigenvalue weighted by Crippen LogP contribution is -2.52. The molecular formula is C17H28N4O4. The predicted molar refractivity (Wildman–Crippen MR) is 91.7 cm³/mol. The van der Waals surface area contributed by atoms with Crippen LogP contribution in [0.3, 0.4) is 0 Å². The number of carbonyl (C=O) groups excluding carboxylic acids is 4. The van der Waals surface area contributed by atoms with E-state index in [4.69, 9.17) is 0 Å². The second-order valence-corrected chi connectivity index (χ2v) is 7.19. The minimum atomic E-state index is -0.962. The van der Waals surface area contributed by atoms with Crippen LogP contribution in [0, 0.1) is 5.92 Å². The Hall–Kier alpha value is -2.12. The van der Waals surface area contributed by atoms with Gasteiger partial charge in [-0.2, -0.15) is 0 Å². The smallest absolute Gasteiger partial charge is 0.325 e. The average Bonchev–Trinajstić information content (AvgIpc) is 2.79. The molecular weight excluding hydrogens is 324 g/mol. The lowest BCUT2D eigenvalue weighted by molar-refractivity contribution is -0.136. The molecule has 0 spiro atoms. The Morgan fingerprint density at radius 3 is 2.52 bits per heavy atom. The van der Waals surface area contributed by atoms with Gasteiger partial charge in [-0.1, -0.05) is 26.2 Å². The highest BCUT2D eigenvalue weighted by Crippen LogP contribution is 2.36. The molecule has 1 saturated heterocycles. The zero-order chi connectivity index (χ0) is 18.6. The molecule has 1 aliphatic heterocycles. The van der Waals surface area contributed by atoms with Gasteiger partial charge in [-0.05, 0) is 39.0 Å². The number of imide groups is 2. The topological polar surface area (TPSA) is 108 Å². The number of amides is 6. The Morgan fingerprint density at radius 1 is 1.28 bits per heavy atom. The van der Waals surface area contributed by atoms with Crippen LogP contribution in [0.5, 0.6) is 0 Å². The molecule has 1 heterocycles. The molecule has 1 aliphatic carbocycles. The van der Waals surface area contributed by atoms with Crippen molar-refractivity contribution in [3.05, 3.63) is 0 Å². The quantitative estimate of drug-likeness (QED) is 0.652. The van der Waals surface area contributed by atoms with E-state index in [1.54, 1.807) is 6.92 Å². The summed E-state index contributed by atoms with van der Waals surface area (Å²) in [6.07, 6.45) is 5.74. The predicted octanol–water partition coefficient (Wildman–Crippen LogP) is 1.50. The molecule has 0 unspecified atom stereocenters. The molecule has 0 radical (unpaired) electrons. The number of hydrogen-bond donors (Lipinski definition) is 3. The number of hydrogen-bond acceptors (Lipinski definition) is 4. The first-order valence-electron chi connectivity index (χ1n) is 9.02. The molecule has 2 atom stereocenters. The van der Waals surface area contributed by atoms with Crippen LogP contribution in [0.15, 0.2) is 0 Å². The van der Waals surface area contributed by atoms with Gasteiger partial charge >= 0.3 is 12.1 Å². The second-order valence-electron chi connectivity index (χ2n) is 7.19. The van der Waals surface area contributed by atoms with E-state index in [9.17, 15) is 19.2 Å². The Labute approximate surface area is 148 Å². The molecule has 0 bridgehead atoms. The Morgan fingerprint density at radius 2 is 1.92 bits per heavy atom. The van der Waals surface area contributed by atoms with Crippen LogP contribution in [0.1, 0.15) is 59.3 Å². The SMILES string of the molecule is CC[C@H](C)NC(=O)NC(=O)CN1C(=O)N[C@@](C)(C2CCCCC2)C1=O. The average molecular weight is 352 g/mol. The number of rotatable bonds is 5. The molecule has 3 N–H and O–H groups in total. The third kappa shape index (κ3) is 4.29. The van der Waals surface area contributed by atoms with E-state index in [0.29, 0.717) is 0 Å². The summed E-state index contributed by atoms with van der Waals surface area (Å²) in [5, 5.41) is 7.51. The van der Waals surface area contributed by atoms with Gasteiger partial charge in [0.2, 0.25) is 5.91 Å². The van der Waals surface area contributed by atoms with Crippen molar-refractivity contribution in [1.29, 1.82) is 0 Å². The summed E-state index contributed by atoms with van der Waals surface area (Å²) in [7, 11) is 0. The van der Waals surface area contributed by atoms with Crippen LogP contribution in [-0.4, -0.2) is 46.9 Å². The van der Waals surface area contributed by atoms with Crippen LogP contribution < -0.4 is 16.0 Å². The third-order valence-corrected chi connectivity index (χ3v) is 5.27. The summed E-state index contributed by atoms with van der Waals surface area (Å²) in [6.45, 7) is 5.00. The molecule has 2 fully saturated rings. The maximum atomic E-state index is 12.7. The van der Waals surface area contributed by atoms with Crippen molar-refractivity contribution in [2.75, 3.05) is 6.54 Å². The van der Waals surface area contributed by atoms with Gasteiger partial charge in [0.1, 0.15) is 12.1 Å². The second kappa shape index (κ2) is 7.84. The van der Waals surface area contributed by atoms with Gasteiger partial charge in [-0.25, -0.2) is 9.59 Å². The summed E-state index contributed by atoms with van der Waals surface area (Å²) < 4.78 is 0. The van der Waals surface area contributed by atoms with E-state index >= 15 is 0 Å². The van der Waals surface area contributed by atoms with Gasteiger partial charge in [0.25, 0.3) is 5.91 Å². The zero-order valence-corrected chi connectivity index (χ0v) is 15.2. The molecule has 8 nitrogen and oxygen atoms in total. The zero-order valence-electron chi connectivity index (χ0n) is 15.2. The molecule has 2 aliphatic rings. The number of urea groups is 2. The van der Waals surface area contributed by atoms with Crippen LogP contribution in [-0.2, 0) is 9.59 Å². The van der Waals surface area contributed by atoms with Gasteiger partial charge in [0, 0.05) is 6.04 Å². The summed E-state index contributed by atoms with van der Waals surface area (Å²) in [5.41, 5.74) is -0.962. The first kappa shape index (κ1) is 19.2. The Kier molecular flexibility index (Phi) is 6.02. The Bertz CT molecular complexity index is 559. The highest BCUT2D eigenvalue weighted by Gasteiger charge is 2.52. The fraction of sp³-hybridized carbons (Fsp3) is 0.765. The van der Waals surface area contributed by atoms with Crippen molar-refractivity contribution in [2.24, 2.45) is 5.92 Å². The highest BCUT2D eigenvalue weighted by atomic mass is 16.2. The molecule has 0 aromatic heterocycles. The Balaban J connectivity index is 1.95. The fourth-order valence-electron chi connectivity index (χ4n) is 3.49. The number of carbonyl (C=O) groups is 4. The molecule has 0 aromatic carbocycles. The summed E-state index contributed by atoms with van der Waals surface area (Å²) in [6, 6.07) is -1.27. The summed E-state index contributed by atoms with van der Waals surface area (Å²) in [5.74, 6) is -0.987. The van der Waals surface area contributed by atoms with Crippen LogP contribution >= 0.6 is 0 Å². The van der Waals surface area contributed by atoms with E-state index in [1.165, 1.54) is 0 Å². The van der Waals surface area contributed by atoms with Crippen LogP contribution in [0.25, 0.3) is 0 Å². The maximum Gasteiger partial charge on any atom is 0.325 e. The van der Waals surface area contributed by atoms with Gasteiger partial charge in [0.05, 0.1) is 0 Å². The monoisotopic (exact) mass is 352 g/mol. The van der Waals surface area contributed by atoms with Gasteiger partial charge in [-0.3, -0.25) is 19.8 Å². The van der Waals surface area contributed by atoms with Crippen molar-refractivity contribution < 1.29 is 19.2 Å². The highest BCUT2D eigenvalue weighted by molar-refractivity contribution is 6.10. The number of nitrogens with zero attached hydrogens (tertiary/aromatic N) is 1. The minimum Gasteiger partial charge on any atom is -0.335 e.